The molecule has 0 aliphatic heterocycles. The zero-order valence-electron chi connectivity index (χ0n) is 13.1. The summed E-state index contributed by atoms with van der Waals surface area (Å²) < 4.78 is 0. The van der Waals surface area contributed by atoms with Crippen LogP contribution in [-0.4, -0.2) is 26.8 Å². The van der Waals surface area contributed by atoms with E-state index in [2.05, 4.69) is 20.5 Å². The number of carbonyl (C=O) groups is 1. The number of aromatic nitrogens is 3. The fourth-order valence-electron chi connectivity index (χ4n) is 2.19. The lowest BCUT2D eigenvalue weighted by molar-refractivity contribution is -0.118. The number of benzene rings is 2. The molecule has 0 aliphatic rings. The van der Waals surface area contributed by atoms with Crippen molar-refractivity contribution in [3.8, 4) is 0 Å². The van der Waals surface area contributed by atoms with Gasteiger partial charge in [-0.25, -0.2) is 4.98 Å². The second-order valence-corrected chi connectivity index (χ2v) is 6.22. The van der Waals surface area contributed by atoms with Gasteiger partial charge in [0.2, 0.25) is 11.1 Å². The highest BCUT2D eigenvalue weighted by atomic mass is 32.2. The van der Waals surface area contributed by atoms with E-state index < -0.39 is 0 Å². The number of amides is 1. The van der Waals surface area contributed by atoms with E-state index in [1.165, 1.54) is 17.3 Å². The van der Waals surface area contributed by atoms with Crippen molar-refractivity contribution < 1.29 is 4.79 Å². The minimum Gasteiger partial charge on any atom is -0.351 e. The quantitative estimate of drug-likeness (QED) is 0.650. The maximum absolute atomic E-state index is 11.9. The lowest BCUT2D eigenvalue weighted by Crippen LogP contribution is -2.24. The predicted octanol–water partition coefficient (Wildman–Crippen LogP) is 2.80. The molecule has 0 saturated heterocycles. The van der Waals surface area contributed by atoms with E-state index >= 15 is 0 Å². The van der Waals surface area contributed by atoms with Crippen LogP contribution in [-0.2, 0) is 17.8 Å². The van der Waals surface area contributed by atoms with Crippen molar-refractivity contribution in [1.29, 1.82) is 0 Å². The number of aromatic amines is 1. The lowest BCUT2D eigenvalue weighted by atomic mass is 10.1. The molecule has 2 N–H and O–H groups in total. The Labute approximate surface area is 144 Å². The van der Waals surface area contributed by atoms with E-state index in [0.29, 0.717) is 23.9 Å². The van der Waals surface area contributed by atoms with Gasteiger partial charge in [-0.15, -0.1) is 5.10 Å². The molecule has 1 heterocycles. The molecule has 0 bridgehead atoms. The molecule has 3 aromatic rings. The molecular weight excluding hydrogens is 320 g/mol. The number of carbonyl (C=O) groups excluding carboxylic acids is 1. The predicted molar refractivity (Wildman–Crippen MR) is 94.6 cm³/mol. The first-order chi connectivity index (χ1) is 11.8. The summed E-state index contributed by atoms with van der Waals surface area (Å²) in [5, 5.41) is 10.6. The standard InChI is InChI=1S/C18H18N4OS/c23-17(19-12-15-9-5-2-6-10-15)13-24-18-20-16(21-22-18)11-14-7-3-1-4-8-14/h1-10H,11-13H2,(H,19,23)(H,20,21,22). The summed E-state index contributed by atoms with van der Waals surface area (Å²) in [5.41, 5.74) is 2.25. The topological polar surface area (TPSA) is 70.7 Å². The van der Waals surface area contributed by atoms with Crippen LogP contribution in [0.1, 0.15) is 17.0 Å². The first kappa shape index (κ1) is 16.3. The monoisotopic (exact) mass is 338 g/mol. The number of H-pyrrole nitrogens is 1. The minimum atomic E-state index is -0.0294. The normalized spacial score (nSPS) is 10.5. The summed E-state index contributed by atoms with van der Waals surface area (Å²) in [6.45, 7) is 0.535. The first-order valence-corrected chi connectivity index (χ1v) is 8.67. The molecule has 0 atom stereocenters. The molecule has 5 nitrogen and oxygen atoms in total. The number of rotatable bonds is 7. The van der Waals surface area contributed by atoms with Gasteiger partial charge in [0, 0.05) is 13.0 Å². The Kier molecular flexibility index (Phi) is 5.63. The number of nitrogens with one attached hydrogen (secondary N) is 2. The summed E-state index contributed by atoms with van der Waals surface area (Å²) in [5.74, 6) is 1.07. The van der Waals surface area contributed by atoms with Crippen LogP contribution in [0.2, 0.25) is 0 Å². The van der Waals surface area contributed by atoms with Gasteiger partial charge in [-0.1, -0.05) is 72.4 Å². The number of hydrogen-bond acceptors (Lipinski definition) is 4. The summed E-state index contributed by atoms with van der Waals surface area (Å²) in [4.78, 5) is 16.3. The SMILES string of the molecule is O=C(CSc1n[nH]c(Cc2ccccc2)n1)NCc1ccccc1. The van der Waals surface area contributed by atoms with Crippen LogP contribution in [0.15, 0.2) is 65.8 Å². The maximum Gasteiger partial charge on any atom is 0.230 e. The van der Waals surface area contributed by atoms with Crippen LogP contribution in [0.5, 0.6) is 0 Å². The van der Waals surface area contributed by atoms with Crippen molar-refractivity contribution in [2.45, 2.75) is 18.1 Å². The van der Waals surface area contributed by atoms with E-state index in [4.69, 9.17) is 0 Å². The van der Waals surface area contributed by atoms with Crippen molar-refractivity contribution >= 4 is 17.7 Å². The molecule has 1 amide bonds. The second kappa shape index (κ2) is 8.31. The van der Waals surface area contributed by atoms with E-state index in [1.54, 1.807) is 0 Å². The Balaban J connectivity index is 1.44. The smallest absolute Gasteiger partial charge is 0.230 e. The molecule has 0 saturated carbocycles. The van der Waals surface area contributed by atoms with Crippen molar-refractivity contribution in [2.75, 3.05) is 5.75 Å². The van der Waals surface area contributed by atoms with Gasteiger partial charge in [0.05, 0.1) is 5.75 Å². The van der Waals surface area contributed by atoms with Crippen LogP contribution < -0.4 is 5.32 Å². The largest absolute Gasteiger partial charge is 0.351 e. The summed E-state index contributed by atoms with van der Waals surface area (Å²) >= 11 is 1.33. The number of nitrogens with zero attached hydrogens (tertiary/aromatic N) is 2. The maximum atomic E-state index is 11.9. The molecule has 0 spiro atoms. The third kappa shape index (κ3) is 4.96. The summed E-state index contributed by atoms with van der Waals surface area (Å²) in [7, 11) is 0. The molecule has 1 aromatic heterocycles. The molecule has 0 aliphatic carbocycles. The van der Waals surface area contributed by atoms with Gasteiger partial charge < -0.3 is 5.32 Å². The van der Waals surface area contributed by atoms with Gasteiger partial charge in [-0.05, 0) is 11.1 Å². The molecule has 122 valence electrons. The lowest BCUT2D eigenvalue weighted by Gasteiger charge is -2.03. The Hall–Kier alpha value is -2.60. The Morgan fingerprint density at radius 2 is 1.67 bits per heavy atom. The van der Waals surface area contributed by atoms with E-state index in [1.807, 2.05) is 60.7 Å². The highest BCUT2D eigenvalue weighted by molar-refractivity contribution is 7.99. The van der Waals surface area contributed by atoms with E-state index in [0.717, 1.165) is 11.4 Å². The highest BCUT2D eigenvalue weighted by Crippen LogP contribution is 2.13. The molecule has 3 rings (SSSR count). The van der Waals surface area contributed by atoms with Crippen molar-refractivity contribution in [2.24, 2.45) is 0 Å². The molecule has 24 heavy (non-hydrogen) atoms. The third-order valence-corrected chi connectivity index (χ3v) is 4.24. The van der Waals surface area contributed by atoms with Crippen molar-refractivity contribution in [3.05, 3.63) is 77.6 Å². The third-order valence-electron chi connectivity index (χ3n) is 3.39. The zero-order chi connectivity index (χ0) is 16.6. The van der Waals surface area contributed by atoms with Gasteiger partial charge in [-0.3, -0.25) is 9.89 Å². The number of hydrogen-bond donors (Lipinski definition) is 2. The van der Waals surface area contributed by atoms with Crippen molar-refractivity contribution in [1.82, 2.24) is 20.5 Å². The van der Waals surface area contributed by atoms with E-state index in [9.17, 15) is 4.79 Å². The number of thioether (sulfide) groups is 1. The Morgan fingerprint density at radius 3 is 2.38 bits per heavy atom. The van der Waals surface area contributed by atoms with Crippen molar-refractivity contribution in [3.63, 3.8) is 0 Å². The average Bonchev–Trinajstić information content (AvgIpc) is 3.07. The highest BCUT2D eigenvalue weighted by Gasteiger charge is 2.08. The molecule has 0 fully saturated rings. The van der Waals surface area contributed by atoms with Crippen LogP contribution in [0.4, 0.5) is 0 Å². The van der Waals surface area contributed by atoms with E-state index in [-0.39, 0.29) is 5.91 Å². The zero-order valence-corrected chi connectivity index (χ0v) is 13.9. The summed E-state index contributed by atoms with van der Waals surface area (Å²) in [6, 6.07) is 19.9. The van der Waals surface area contributed by atoms with Gasteiger partial charge in [0.15, 0.2) is 0 Å². The van der Waals surface area contributed by atoms with Gasteiger partial charge in [0.25, 0.3) is 0 Å². The summed E-state index contributed by atoms with van der Waals surface area (Å²) in [6.07, 6.45) is 0.703. The first-order valence-electron chi connectivity index (χ1n) is 7.68. The fourth-order valence-corrected chi connectivity index (χ4v) is 2.84. The molecular formula is C18H18N4OS. The van der Waals surface area contributed by atoms with Crippen LogP contribution >= 0.6 is 11.8 Å². The fraction of sp³-hybridized carbons (Fsp3) is 0.167. The second-order valence-electron chi connectivity index (χ2n) is 5.28. The molecule has 6 heteroatoms. The average molecular weight is 338 g/mol. The van der Waals surface area contributed by atoms with Gasteiger partial charge in [0.1, 0.15) is 5.82 Å². The Morgan fingerprint density at radius 1 is 1.00 bits per heavy atom. The van der Waals surface area contributed by atoms with Gasteiger partial charge >= 0.3 is 0 Å². The van der Waals surface area contributed by atoms with Crippen LogP contribution in [0, 0.1) is 0 Å². The Bertz CT molecular complexity index is 774. The van der Waals surface area contributed by atoms with Gasteiger partial charge in [-0.2, -0.15) is 0 Å². The molecule has 2 aromatic carbocycles. The minimum absolute atomic E-state index is 0.0294. The van der Waals surface area contributed by atoms with Crippen LogP contribution in [0.25, 0.3) is 0 Å². The molecule has 0 radical (unpaired) electrons. The molecule has 0 unspecified atom stereocenters. The van der Waals surface area contributed by atoms with Crippen LogP contribution in [0.3, 0.4) is 0 Å².